The van der Waals surface area contributed by atoms with Crippen LogP contribution in [0.1, 0.15) is 13.8 Å². The second-order valence-corrected chi connectivity index (χ2v) is 8.15. The first kappa shape index (κ1) is 22.1. The number of anilines is 2. The van der Waals surface area contributed by atoms with Crippen molar-refractivity contribution >= 4 is 21.4 Å². The molecule has 1 aliphatic heterocycles. The van der Waals surface area contributed by atoms with Gasteiger partial charge in [0.25, 0.3) is 10.0 Å². The van der Waals surface area contributed by atoms with Crippen molar-refractivity contribution in [1.82, 2.24) is 0 Å². The Kier molecular flexibility index (Phi) is 6.99. The van der Waals surface area contributed by atoms with Crippen LogP contribution in [-0.4, -0.2) is 47.9 Å². The highest BCUT2D eigenvalue weighted by atomic mass is 32.2. The minimum absolute atomic E-state index is 0.141. The molecule has 1 aliphatic rings. The van der Waals surface area contributed by atoms with Crippen LogP contribution < -0.4 is 19.1 Å². The summed E-state index contributed by atoms with van der Waals surface area (Å²) >= 11 is 0. The number of halogens is 2. The lowest BCUT2D eigenvalue weighted by Crippen LogP contribution is -2.36. The minimum Gasteiger partial charge on any atom is -0.492 e. The van der Waals surface area contributed by atoms with Gasteiger partial charge < -0.3 is 19.1 Å². The van der Waals surface area contributed by atoms with Gasteiger partial charge in [0.15, 0.2) is 11.6 Å². The van der Waals surface area contributed by atoms with Crippen molar-refractivity contribution in [2.24, 2.45) is 0 Å². The Hall–Kier alpha value is -2.59. The number of nitrogens with zero attached hydrogens (tertiary/aromatic N) is 1. The molecule has 0 radical (unpaired) electrons. The molecular weight excluding hydrogens is 418 g/mol. The van der Waals surface area contributed by atoms with Gasteiger partial charge in [0.2, 0.25) is 0 Å². The van der Waals surface area contributed by atoms with Crippen molar-refractivity contribution in [2.75, 3.05) is 49.1 Å². The third-order valence-electron chi connectivity index (χ3n) is 4.46. The Labute approximate surface area is 174 Å². The third-order valence-corrected chi connectivity index (χ3v) is 5.82. The second kappa shape index (κ2) is 9.48. The Morgan fingerprint density at radius 2 is 1.67 bits per heavy atom. The van der Waals surface area contributed by atoms with Crippen LogP contribution in [0.5, 0.6) is 11.5 Å². The molecule has 0 aromatic heterocycles. The molecule has 0 spiro atoms. The van der Waals surface area contributed by atoms with Gasteiger partial charge in [-0.2, -0.15) is 0 Å². The summed E-state index contributed by atoms with van der Waals surface area (Å²) in [6.07, 6.45) is 0. The van der Waals surface area contributed by atoms with E-state index in [1.54, 1.807) is 13.0 Å². The van der Waals surface area contributed by atoms with Crippen molar-refractivity contribution in [2.45, 2.75) is 18.7 Å². The zero-order valence-corrected chi connectivity index (χ0v) is 17.6. The lowest BCUT2D eigenvalue weighted by molar-refractivity contribution is 0.122. The van der Waals surface area contributed by atoms with Gasteiger partial charge in [0.1, 0.15) is 11.5 Å². The highest BCUT2D eigenvalue weighted by molar-refractivity contribution is 7.92. The first-order valence-corrected chi connectivity index (χ1v) is 11.1. The van der Waals surface area contributed by atoms with E-state index in [9.17, 15) is 17.2 Å². The van der Waals surface area contributed by atoms with Crippen LogP contribution in [0.2, 0.25) is 0 Å². The number of rotatable bonds is 8. The number of hydrogen-bond donors (Lipinski definition) is 1. The standard InChI is InChI=1S/C20H24F2N2O5S/c1-3-28-19-13-18(24-7-9-27-10-8-24)20(29-4-2)12-17(19)23-30(25,26)14-5-6-15(21)16(22)11-14/h5-6,11-13,23H,3-4,7-10H2,1-2H3. The van der Waals surface area contributed by atoms with Gasteiger partial charge in [-0.1, -0.05) is 0 Å². The van der Waals surface area contributed by atoms with Gasteiger partial charge in [-0.25, -0.2) is 17.2 Å². The number of ether oxygens (including phenoxy) is 3. The molecule has 2 aromatic rings. The fourth-order valence-corrected chi connectivity index (χ4v) is 4.15. The second-order valence-electron chi connectivity index (χ2n) is 6.46. The van der Waals surface area contributed by atoms with Crippen LogP contribution in [0.15, 0.2) is 35.2 Å². The average molecular weight is 442 g/mol. The highest BCUT2D eigenvalue weighted by Gasteiger charge is 2.23. The van der Waals surface area contributed by atoms with Crippen molar-refractivity contribution in [1.29, 1.82) is 0 Å². The Morgan fingerprint density at radius 3 is 2.30 bits per heavy atom. The molecule has 164 valence electrons. The van der Waals surface area contributed by atoms with Gasteiger partial charge in [-0.3, -0.25) is 4.72 Å². The summed E-state index contributed by atoms with van der Waals surface area (Å²) in [5.41, 5.74) is 0.904. The van der Waals surface area contributed by atoms with Crippen molar-refractivity contribution in [3.8, 4) is 11.5 Å². The van der Waals surface area contributed by atoms with E-state index in [2.05, 4.69) is 9.62 Å². The molecule has 0 saturated carbocycles. The van der Waals surface area contributed by atoms with E-state index < -0.39 is 26.6 Å². The monoisotopic (exact) mass is 442 g/mol. The lowest BCUT2D eigenvalue weighted by atomic mass is 10.2. The van der Waals surface area contributed by atoms with E-state index in [0.717, 1.165) is 17.8 Å². The molecule has 1 N–H and O–H groups in total. The van der Waals surface area contributed by atoms with E-state index in [1.807, 2.05) is 6.92 Å². The predicted molar refractivity (Wildman–Crippen MR) is 109 cm³/mol. The summed E-state index contributed by atoms with van der Waals surface area (Å²) in [6, 6.07) is 5.64. The zero-order valence-electron chi connectivity index (χ0n) is 16.8. The molecule has 1 saturated heterocycles. The van der Waals surface area contributed by atoms with Gasteiger partial charge in [0.05, 0.1) is 42.7 Å². The van der Waals surface area contributed by atoms with Gasteiger partial charge in [-0.05, 0) is 32.0 Å². The van der Waals surface area contributed by atoms with Crippen molar-refractivity contribution in [3.63, 3.8) is 0 Å². The van der Waals surface area contributed by atoms with Crippen molar-refractivity contribution < 1.29 is 31.4 Å². The minimum atomic E-state index is -4.19. The Morgan fingerprint density at radius 1 is 1.00 bits per heavy atom. The summed E-state index contributed by atoms with van der Waals surface area (Å²) in [6.45, 7) is 6.73. The molecule has 10 heteroatoms. The first-order chi connectivity index (χ1) is 14.4. The fourth-order valence-electron chi connectivity index (χ4n) is 3.07. The molecule has 1 fully saturated rings. The van der Waals surface area contributed by atoms with Gasteiger partial charge >= 0.3 is 0 Å². The first-order valence-electron chi connectivity index (χ1n) is 9.60. The number of morpholine rings is 1. The largest absolute Gasteiger partial charge is 0.492 e. The van der Waals surface area contributed by atoms with Crippen LogP contribution >= 0.6 is 0 Å². The summed E-state index contributed by atoms with van der Waals surface area (Å²) < 4.78 is 71.4. The zero-order chi connectivity index (χ0) is 21.7. The maximum atomic E-state index is 13.5. The van der Waals surface area contributed by atoms with Gasteiger partial charge in [0, 0.05) is 25.2 Å². The molecule has 7 nitrogen and oxygen atoms in total. The van der Waals surface area contributed by atoms with E-state index in [0.29, 0.717) is 57.1 Å². The molecule has 30 heavy (non-hydrogen) atoms. The molecular formula is C20H24F2N2O5S. The van der Waals surface area contributed by atoms with Crippen LogP contribution in [-0.2, 0) is 14.8 Å². The summed E-state index contributed by atoms with van der Waals surface area (Å²) in [4.78, 5) is 1.67. The molecule has 0 aliphatic carbocycles. The molecule has 0 unspecified atom stereocenters. The molecule has 1 heterocycles. The molecule has 0 atom stereocenters. The van der Waals surface area contributed by atoms with E-state index in [1.165, 1.54) is 6.07 Å². The summed E-state index contributed by atoms with van der Waals surface area (Å²) in [5.74, 6) is -1.60. The smallest absolute Gasteiger partial charge is 0.262 e. The third kappa shape index (κ3) is 4.93. The van der Waals surface area contributed by atoms with Gasteiger partial charge in [-0.15, -0.1) is 0 Å². The fraction of sp³-hybridized carbons (Fsp3) is 0.400. The summed E-state index contributed by atoms with van der Waals surface area (Å²) in [5, 5.41) is 0. The maximum Gasteiger partial charge on any atom is 0.262 e. The molecule has 0 bridgehead atoms. The molecule has 2 aromatic carbocycles. The topological polar surface area (TPSA) is 77.1 Å². The van der Waals surface area contributed by atoms with Crippen LogP contribution in [0.3, 0.4) is 0 Å². The SMILES string of the molecule is CCOc1cc(N2CCOCC2)c(OCC)cc1NS(=O)(=O)c1ccc(F)c(F)c1. The number of hydrogen-bond acceptors (Lipinski definition) is 6. The molecule has 0 amide bonds. The lowest BCUT2D eigenvalue weighted by Gasteiger charge is -2.31. The Bertz CT molecular complexity index is 995. The number of benzene rings is 2. The summed E-state index contributed by atoms with van der Waals surface area (Å²) in [7, 11) is -4.19. The quantitative estimate of drug-likeness (QED) is 0.675. The van der Waals surface area contributed by atoms with Crippen molar-refractivity contribution in [3.05, 3.63) is 42.0 Å². The van der Waals surface area contributed by atoms with Crippen LogP contribution in [0, 0.1) is 11.6 Å². The van der Waals surface area contributed by atoms with E-state index >= 15 is 0 Å². The van der Waals surface area contributed by atoms with Crippen LogP contribution in [0.4, 0.5) is 20.2 Å². The maximum absolute atomic E-state index is 13.5. The average Bonchev–Trinajstić information content (AvgIpc) is 2.72. The van der Waals surface area contributed by atoms with Crippen LogP contribution in [0.25, 0.3) is 0 Å². The predicted octanol–water partition coefficient (Wildman–Crippen LogP) is 3.40. The van der Waals surface area contributed by atoms with E-state index in [4.69, 9.17) is 14.2 Å². The number of sulfonamides is 1. The normalized spacial score (nSPS) is 14.5. The van der Waals surface area contributed by atoms with E-state index in [-0.39, 0.29) is 5.69 Å². The number of nitrogens with one attached hydrogen (secondary N) is 1. The highest BCUT2D eigenvalue weighted by Crippen LogP contribution is 2.40. The Balaban J connectivity index is 2.01. The molecule has 3 rings (SSSR count).